The second kappa shape index (κ2) is 11.2. The highest BCUT2D eigenvalue weighted by molar-refractivity contribution is 8.00. The van der Waals surface area contributed by atoms with Crippen molar-refractivity contribution in [2.75, 3.05) is 29.6 Å². The second-order valence-electron chi connectivity index (χ2n) is 8.06. The predicted molar refractivity (Wildman–Crippen MR) is 136 cm³/mol. The van der Waals surface area contributed by atoms with Crippen molar-refractivity contribution < 1.29 is 14.3 Å². The first-order valence-electron chi connectivity index (χ1n) is 11.5. The van der Waals surface area contributed by atoms with Gasteiger partial charge in [0.1, 0.15) is 19.0 Å². The van der Waals surface area contributed by atoms with E-state index in [1.165, 1.54) is 21.2 Å². The summed E-state index contributed by atoms with van der Waals surface area (Å²) in [5.41, 5.74) is 5.86. The largest absolute Gasteiger partial charge is 0.486 e. The molecule has 1 amide bonds. The zero-order valence-corrected chi connectivity index (χ0v) is 20.3. The number of rotatable bonds is 9. The number of thioether (sulfide) groups is 1. The van der Waals surface area contributed by atoms with E-state index in [-0.39, 0.29) is 29.7 Å². The Labute approximate surface area is 206 Å². The van der Waals surface area contributed by atoms with E-state index in [1.54, 1.807) is 0 Å². The molecule has 10 heteroatoms. The number of nitrogens with one attached hydrogen (secondary N) is 1. The van der Waals surface area contributed by atoms with E-state index in [0.717, 1.165) is 16.9 Å². The molecule has 0 spiro atoms. The lowest BCUT2D eigenvalue weighted by Crippen LogP contribution is -2.41. The maximum absolute atomic E-state index is 13.5. The highest BCUT2D eigenvalue weighted by atomic mass is 32.2. The van der Waals surface area contributed by atoms with Crippen LogP contribution in [-0.2, 0) is 17.9 Å². The molecule has 9 nitrogen and oxygen atoms in total. The molecule has 1 aromatic heterocycles. The summed E-state index contributed by atoms with van der Waals surface area (Å²) in [5, 5.41) is 0. The summed E-state index contributed by atoms with van der Waals surface area (Å²) in [6.07, 6.45) is 1.56. The monoisotopic (exact) mass is 496 g/mol. The number of nitrogens with two attached hydrogens (primary N) is 1. The number of H-pyrrole nitrogens is 1. The van der Waals surface area contributed by atoms with Gasteiger partial charge in [-0.3, -0.25) is 24.0 Å². The SMILES string of the molecule is CCCCn1c(N)c(N(Cc2ccccc2)C(=O)CSc2ccc3c(c2)OCCO3)c(=O)[nH]c1=O. The Kier molecular flexibility index (Phi) is 7.81. The number of hydrogen-bond donors (Lipinski definition) is 2. The summed E-state index contributed by atoms with van der Waals surface area (Å²) < 4.78 is 12.5. The number of benzene rings is 2. The molecule has 0 bridgehead atoms. The van der Waals surface area contributed by atoms with Crippen LogP contribution >= 0.6 is 11.8 Å². The molecule has 3 N–H and O–H groups in total. The first-order chi connectivity index (χ1) is 17.0. The molecule has 35 heavy (non-hydrogen) atoms. The van der Waals surface area contributed by atoms with E-state index >= 15 is 0 Å². The Balaban J connectivity index is 1.64. The summed E-state index contributed by atoms with van der Waals surface area (Å²) in [5.74, 6) is 1.04. The van der Waals surface area contributed by atoms with Crippen molar-refractivity contribution in [2.45, 2.75) is 37.8 Å². The molecular weight excluding hydrogens is 468 g/mol. The van der Waals surface area contributed by atoms with Crippen LogP contribution in [-0.4, -0.2) is 34.4 Å². The third-order valence-corrected chi connectivity index (χ3v) is 6.56. The Bertz CT molecular complexity index is 1310. The quantitative estimate of drug-likeness (QED) is 0.437. The Hall–Kier alpha value is -3.66. The first-order valence-corrected chi connectivity index (χ1v) is 12.5. The van der Waals surface area contributed by atoms with E-state index in [0.29, 0.717) is 37.7 Å². The number of anilines is 2. The molecular formula is C25H28N4O5S. The van der Waals surface area contributed by atoms with Gasteiger partial charge >= 0.3 is 5.69 Å². The van der Waals surface area contributed by atoms with Crippen molar-refractivity contribution in [1.29, 1.82) is 0 Å². The van der Waals surface area contributed by atoms with Gasteiger partial charge in [0, 0.05) is 11.4 Å². The number of nitrogen functional groups attached to an aromatic ring is 1. The Morgan fingerprint density at radius 3 is 2.60 bits per heavy atom. The number of carbonyl (C=O) groups is 1. The number of carbonyl (C=O) groups excluding carboxylic acids is 1. The van der Waals surface area contributed by atoms with Gasteiger partial charge in [-0.2, -0.15) is 0 Å². The van der Waals surface area contributed by atoms with Gasteiger partial charge in [-0.15, -0.1) is 11.8 Å². The standard InChI is InChI=1S/C25H28N4O5S/c1-2-3-11-28-23(26)22(24(31)27-25(28)32)29(15-17-7-5-4-6-8-17)21(30)16-35-18-9-10-19-20(14-18)34-13-12-33-19/h4-10,14H,2-3,11-13,15-16,26H2,1H3,(H,27,31,32). The van der Waals surface area contributed by atoms with Crippen LogP contribution < -0.4 is 31.4 Å². The molecule has 0 radical (unpaired) electrons. The Morgan fingerprint density at radius 1 is 1.11 bits per heavy atom. The van der Waals surface area contributed by atoms with Crippen molar-refractivity contribution in [3.8, 4) is 11.5 Å². The minimum Gasteiger partial charge on any atom is -0.486 e. The second-order valence-corrected chi connectivity index (χ2v) is 9.11. The fraction of sp³-hybridized carbons (Fsp3) is 0.320. The van der Waals surface area contributed by atoms with Crippen molar-refractivity contribution in [3.05, 3.63) is 74.9 Å². The summed E-state index contributed by atoms with van der Waals surface area (Å²) in [6.45, 7) is 3.46. The number of hydrogen-bond acceptors (Lipinski definition) is 7. The molecule has 0 aliphatic carbocycles. The van der Waals surface area contributed by atoms with E-state index in [1.807, 2.05) is 55.5 Å². The van der Waals surface area contributed by atoms with Gasteiger partial charge in [0.05, 0.1) is 12.3 Å². The molecule has 0 unspecified atom stereocenters. The van der Waals surface area contributed by atoms with Gasteiger partial charge in [-0.25, -0.2) is 4.79 Å². The lowest BCUT2D eigenvalue weighted by Gasteiger charge is -2.25. The molecule has 4 rings (SSSR count). The van der Waals surface area contributed by atoms with Crippen molar-refractivity contribution in [2.24, 2.45) is 0 Å². The normalized spacial score (nSPS) is 12.4. The molecule has 0 fully saturated rings. The zero-order valence-electron chi connectivity index (χ0n) is 19.5. The van der Waals surface area contributed by atoms with Crippen molar-refractivity contribution in [3.63, 3.8) is 0 Å². The highest BCUT2D eigenvalue weighted by Crippen LogP contribution is 2.34. The van der Waals surface area contributed by atoms with Crippen LogP contribution in [0.4, 0.5) is 11.5 Å². The smallest absolute Gasteiger partial charge is 0.330 e. The summed E-state index contributed by atoms with van der Waals surface area (Å²) >= 11 is 1.32. The number of unbranched alkanes of at least 4 members (excludes halogenated alkanes) is 1. The van der Waals surface area contributed by atoms with Crippen LogP contribution in [0.2, 0.25) is 0 Å². The van der Waals surface area contributed by atoms with E-state index in [2.05, 4.69) is 4.98 Å². The van der Waals surface area contributed by atoms with Gasteiger partial charge in [0.2, 0.25) is 5.91 Å². The molecule has 2 aromatic carbocycles. The van der Waals surface area contributed by atoms with E-state index in [4.69, 9.17) is 15.2 Å². The van der Waals surface area contributed by atoms with Crippen molar-refractivity contribution >= 4 is 29.2 Å². The summed E-state index contributed by atoms with van der Waals surface area (Å²) in [6, 6.07) is 14.8. The molecule has 0 saturated heterocycles. The van der Waals surface area contributed by atoms with Gasteiger partial charge in [0.15, 0.2) is 17.2 Å². The van der Waals surface area contributed by atoms with Crippen LogP contribution in [0.15, 0.2) is 63.0 Å². The van der Waals surface area contributed by atoms with Crippen LogP contribution in [0.25, 0.3) is 0 Å². The summed E-state index contributed by atoms with van der Waals surface area (Å²) in [7, 11) is 0. The van der Waals surface area contributed by atoms with Gasteiger partial charge < -0.3 is 15.2 Å². The molecule has 184 valence electrons. The van der Waals surface area contributed by atoms with Gasteiger partial charge in [-0.05, 0) is 30.2 Å². The maximum atomic E-state index is 13.5. The minimum atomic E-state index is -0.686. The molecule has 1 aliphatic heterocycles. The number of aromatic amines is 1. The zero-order chi connectivity index (χ0) is 24.8. The lowest BCUT2D eigenvalue weighted by molar-refractivity contribution is -0.116. The number of nitrogens with zero attached hydrogens (tertiary/aromatic N) is 2. The van der Waals surface area contributed by atoms with Crippen LogP contribution in [0.3, 0.4) is 0 Å². The molecule has 3 aromatic rings. The molecule has 0 saturated carbocycles. The van der Waals surface area contributed by atoms with Gasteiger partial charge in [0.25, 0.3) is 5.56 Å². The first kappa shape index (κ1) is 24.5. The maximum Gasteiger partial charge on any atom is 0.330 e. The fourth-order valence-corrected chi connectivity index (χ4v) is 4.57. The minimum absolute atomic E-state index is 0.0131. The number of amides is 1. The predicted octanol–water partition coefficient (Wildman–Crippen LogP) is 3.02. The fourth-order valence-electron chi connectivity index (χ4n) is 3.77. The molecule has 2 heterocycles. The number of aromatic nitrogens is 2. The van der Waals surface area contributed by atoms with Crippen LogP contribution in [0.5, 0.6) is 11.5 Å². The Morgan fingerprint density at radius 2 is 1.86 bits per heavy atom. The summed E-state index contributed by atoms with van der Waals surface area (Å²) in [4.78, 5) is 43.3. The highest BCUT2D eigenvalue weighted by Gasteiger charge is 2.25. The van der Waals surface area contributed by atoms with E-state index in [9.17, 15) is 14.4 Å². The third-order valence-electron chi connectivity index (χ3n) is 5.58. The lowest BCUT2D eigenvalue weighted by atomic mass is 10.2. The molecule has 1 aliphatic rings. The van der Waals surface area contributed by atoms with Crippen LogP contribution in [0.1, 0.15) is 25.3 Å². The van der Waals surface area contributed by atoms with Gasteiger partial charge in [-0.1, -0.05) is 43.7 Å². The van der Waals surface area contributed by atoms with Crippen LogP contribution in [0, 0.1) is 0 Å². The molecule has 0 atom stereocenters. The van der Waals surface area contributed by atoms with E-state index < -0.39 is 11.2 Å². The average Bonchev–Trinajstić information content (AvgIpc) is 2.87. The number of ether oxygens (including phenoxy) is 2. The van der Waals surface area contributed by atoms with Crippen molar-refractivity contribution in [1.82, 2.24) is 9.55 Å². The third kappa shape index (κ3) is 5.71. The number of fused-ring (bicyclic) bond motifs is 1. The average molecular weight is 497 g/mol. The topological polar surface area (TPSA) is 120 Å².